The van der Waals surface area contributed by atoms with Crippen LogP contribution in [0.1, 0.15) is 28.9 Å². The normalized spacial score (nSPS) is 10.6. The maximum Gasteiger partial charge on any atom is 0.225 e. The topological polar surface area (TPSA) is 59.8 Å². The monoisotopic (exact) mass is 272 g/mol. The number of pyridine rings is 1. The number of hydrogen-bond acceptors (Lipinski definition) is 3. The van der Waals surface area contributed by atoms with Crippen LogP contribution in [0, 0.1) is 20.8 Å². The Morgan fingerprint density at radius 1 is 1.35 bits per heavy atom. The summed E-state index contributed by atoms with van der Waals surface area (Å²) >= 11 is 0. The molecule has 20 heavy (non-hydrogen) atoms. The molecular weight excluding hydrogens is 252 g/mol. The van der Waals surface area contributed by atoms with Gasteiger partial charge in [-0.2, -0.15) is 5.10 Å². The number of nitrogens with one attached hydrogen (secondary N) is 1. The van der Waals surface area contributed by atoms with Gasteiger partial charge in [-0.05, 0) is 50.5 Å². The van der Waals surface area contributed by atoms with Crippen LogP contribution in [-0.4, -0.2) is 20.7 Å². The molecule has 0 unspecified atom stereocenters. The largest absolute Gasteiger partial charge is 0.311 e. The zero-order valence-electron chi connectivity index (χ0n) is 12.4. The lowest BCUT2D eigenvalue weighted by Gasteiger charge is -2.05. The summed E-state index contributed by atoms with van der Waals surface area (Å²) in [6, 6.07) is 3.76. The van der Waals surface area contributed by atoms with Crippen molar-refractivity contribution in [3.8, 4) is 0 Å². The van der Waals surface area contributed by atoms with E-state index in [4.69, 9.17) is 0 Å². The fraction of sp³-hybridized carbons (Fsp3) is 0.400. The Morgan fingerprint density at radius 2 is 2.10 bits per heavy atom. The molecule has 0 saturated carbocycles. The molecule has 0 saturated heterocycles. The van der Waals surface area contributed by atoms with Gasteiger partial charge < -0.3 is 5.32 Å². The molecule has 2 aromatic heterocycles. The van der Waals surface area contributed by atoms with Gasteiger partial charge in [0.15, 0.2) is 0 Å². The molecule has 5 nitrogen and oxygen atoms in total. The van der Waals surface area contributed by atoms with Gasteiger partial charge in [0.2, 0.25) is 5.91 Å². The number of carbonyl (C=O) groups excluding carboxylic acids is 1. The molecule has 1 amide bonds. The maximum atomic E-state index is 11.9. The van der Waals surface area contributed by atoms with Crippen LogP contribution in [0.3, 0.4) is 0 Å². The zero-order valence-corrected chi connectivity index (χ0v) is 12.4. The predicted octanol–water partition coefficient (Wildman–Crippen LogP) is 2.31. The number of aryl methyl sites for hydroxylation is 3. The summed E-state index contributed by atoms with van der Waals surface area (Å²) in [7, 11) is 1.92. The molecule has 2 heterocycles. The highest BCUT2D eigenvalue weighted by atomic mass is 16.1. The number of amides is 1. The number of anilines is 1. The van der Waals surface area contributed by atoms with Gasteiger partial charge in [0.1, 0.15) is 5.82 Å². The number of hydrogen-bond donors (Lipinski definition) is 1. The summed E-state index contributed by atoms with van der Waals surface area (Å²) < 4.78 is 1.85. The van der Waals surface area contributed by atoms with Crippen molar-refractivity contribution in [2.24, 2.45) is 7.05 Å². The van der Waals surface area contributed by atoms with Crippen LogP contribution < -0.4 is 5.32 Å². The first kappa shape index (κ1) is 14.2. The van der Waals surface area contributed by atoms with E-state index in [1.54, 1.807) is 6.20 Å². The lowest BCUT2D eigenvalue weighted by atomic mass is 10.1. The van der Waals surface area contributed by atoms with Crippen molar-refractivity contribution >= 4 is 11.7 Å². The minimum atomic E-state index is -0.0225. The van der Waals surface area contributed by atoms with Gasteiger partial charge in [-0.1, -0.05) is 0 Å². The summed E-state index contributed by atoms with van der Waals surface area (Å²) in [5.41, 5.74) is 4.34. The molecule has 5 heteroatoms. The second-order valence-electron chi connectivity index (χ2n) is 5.04. The SMILES string of the molecule is Cc1ccnc(NC(=O)CCc2c(C)nn(C)c2C)c1. The molecule has 0 aliphatic rings. The van der Waals surface area contributed by atoms with E-state index in [0.29, 0.717) is 18.7 Å². The van der Waals surface area contributed by atoms with Crippen molar-refractivity contribution in [3.63, 3.8) is 0 Å². The van der Waals surface area contributed by atoms with E-state index in [1.165, 1.54) is 0 Å². The third-order valence-corrected chi connectivity index (χ3v) is 3.44. The second kappa shape index (κ2) is 5.86. The molecular formula is C15H20N4O. The van der Waals surface area contributed by atoms with Crippen LogP contribution in [0.25, 0.3) is 0 Å². The summed E-state index contributed by atoms with van der Waals surface area (Å²) in [4.78, 5) is 16.1. The van der Waals surface area contributed by atoms with E-state index in [0.717, 1.165) is 22.5 Å². The van der Waals surface area contributed by atoms with Crippen molar-refractivity contribution < 1.29 is 4.79 Å². The Hall–Kier alpha value is -2.17. The number of carbonyl (C=O) groups is 1. The quantitative estimate of drug-likeness (QED) is 0.929. The van der Waals surface area contributed by atoms with Crippen molar-refractivity contribution in [1.29, 1.82) is 0 Å². The third kappa shape index (κ3) is 3.23. The van der Waals surface area contributed by atoms with Crippen molar-refractivity contribution in [2.75, 3.05) is 5.32 Å². The molecule has 0 atom stereocenters. The van der Waals surface area contributed by atoms with Crippen LogP contribution in [0.5, 0.6) is 0 Å². The van der Waals surface area contributed by atoms with Crippen LogP contribution in [0.2, 0.25) is 0 Å². The minimum absolute atomic E-state index is 0.0225. The van der Waals surface area contributed by atoms with Gasteiger partial charge in [-0.3, -0.25) is 9.48 Å². The van der Waals surface area contributed by atoms with E-state index in [-0.39, 0.29) is 5.91 Å². The fourth-order valence-electron chi connectivity index (χ4n) is 2.23. The van der Waals surface area contributed by atoms with E-state index >= 15 is 0 Å². The predicted molar refractivity (Wildman–Crippen MR) is 78.6 cm³/mol. The lowest BCUT2D eigenvalue weighted by molar-refractivity contribution is -0.116. The molecule has 0 aromatic carbocycles. The maximum absolute atomic E-state index is 11.9. The summed E-state index contributed by atoms with van der Waals surface area (Å²) in [6.07, 6.45) is 2.83. The number of aromatic nitrogens is 3. The van der Waals surface area contributed by atoms with E-state index in [9.17, 15) is 4.79 Å². The first-order valence-electron chi connectivity index (χ1n) is 6.69. The van der Waals surface area contributed by atoms with Crippen LogP contribution >= 0.6 is 0 Å². The zero-order chi connectivity index (χ0) is 14.7. The Morgan fingerprint density at radius 3 is 2.70 bits per heavy atom. The standard InChI is InChI=1S/C15H20N4O/c1-10-7-8-16-14(9-10)17-15(20)6-5-13-11(2)18-19(4)12(13)3/h7-9H,5-6H2,1-4H3,(H,16,17,20). The molecule has 2 rings (SSSR count). The Balaban J connectivity index is 1.96. The van der Waals surface area contributed by atoms with Gasteiger partial charge in [-0.15, -0.1) is 0 Å². The van der Waals surface area contributed by atoms with Crippen molar-refractivity contribution in [2.45, 2.75) is 33.6 Å². The summed E-state index contributed by atoms with van der Waals surface area (Å²) in [5, 5.41) is 7.18. The summed E-state index contributed by atoms with van der Waals surface area (Å²) in [6.45, 7) is 5.97. The smallest absolute Gasteiger partial charge is 0.225 e. The molecule has 1 N–H and O–H groups in total. The van der Waals surface area contributed by atoms with E-state index < -0.39 is 0 Å². The molecule has 0 spiro atoms. The lowest BCUT2D eigenvalue weighted by Crippen LogP contribution is -2.13. The van der Waals surface area contributed by atoms with Crippen molar-refractivity contribution in [1.82, 2.24) is 14.8 Å². The van der Waals surface area contributed by atoms with Crippen molar-refractivity contribution in [3.05, 3.63) is 40.8 Å². The number of rotatable bonds is 4. The molecule has 0 radical (unpaired) electrons. The van der Waals surface area contributed by atoms with Gasteiger partial charge in [0, 0.05) is 25.4 Å². The Kier molecular flexibility index (Phi) is 4.17. The minimum Gasteiger partial charge on any atom is -0.311 e. The molecule has 0 fully saturated rings. The van der Waals surface area contributed by atoms with Crippen LogP contribution in [0.15, 0.2) is 18.3 Å². The average molecular weight is 272 g/mol. The van der Waals surface area contributed by atoms with Gasteiger partial charge >= 0.3 is 0 Å². The first-order valence-corrected chi connectivity index (χ1v) is 6.69. The van der Waals surface area contributed by atoms with Gasteiger partial charge in [0.05, 0.1) is 5.69 Å². The van der Waals surface area contributed by atoms with E-state index in [1.807, 2.05) is 44.6 Å². The highest BCUT2D eigenvalue weighted by Crippen LogP contribution is 2.14. The third-order valence-electron chi connectivity index (χ3n) is 3.44. The highest BCUT2D eigenvalue weighted by molar-refractivity contribution is 5.89. The molecule has 0 bridgehead atoms. The molecule has 106 valence electrons. The van der Waals surface area contributed by atoms with E-state index in [2.05, 4.69) is 15.4 Å². The second-order valence-corrected chi connectivity index (χ2v) is 5.04. The highest BCUT2D eigenvalue weighted by Gasteiger charge is 2.11. The fourth-order valence-corrected chi connectivity index (χ4v) is 2.23. The number of nitrogens with zero attached hydrogens (tertiary/aromatic N) is 3. The van der Waals surface area contributed by atoms with Gasteiger partial charge in [-0.25, -0.2) is 4.98 Å². The summed E-state index contributed by atoms with van der Waals surface area (Å²) in [5.74, 6) is 0.584. The Labute approximate surface area is 119 Å². The average Bonchev–Trinajstić information content (AvgIpc) is 2.61. The van der Waals surface area contributed by atoms with Crippen LogP contribution in [0.4, 0.5) is 5.82 Å². The molecule has 0 aliphatic carbocycles. The van der Waals surface area contributed by atoms with Crippen LogP contribution in [-0.2, 0) is 18.3 Å². The van der Waals surface area contributed by atoms with Gasteiger partial charge in [0.25, 0.3) is 0 Å². The molecule has 0 aliphatic heterocycles. The Bertz CT molecular complexity index is 631. The molecule has 2 aromatic rings. The first-order chi connectivity index (χ1) is 9.47.